The molecule has 0 aliphatic carbocycles. The summed E-state index contributed by atoms with van der Waals surface area (Å²) >= 11 is 0. The van der Waals surface area contributed by atoms with Crippen LogP contribution in [-0.2, 0) is 11.3 Å². The number of rotatable bonds is 6. The number of para-hydroxylation sites is 1. The molecule has 0 atom stereocenters. The summed E-state index contributed by atoms with van der Waals surface area (Å²) in [7, 11) is 3.57. The predicted octanol–water partition coefficient (Wildman–Crippen LogP) is 3.07. The maximum atomic E-state index is 12.1. The molecule has 2 rings (SSSR count). The van der Waals surface area contributed by atoms with Crippen molar-refractivity contribution in [1.29, 1.82) is 0 Å². The number of aryl methyl sites for hydroxylation is 1. The Morgan fingerprint density at radius 1 is 1.14 bits per heavy atom. The van der Waals surface area contributed by atoms with Crippen LogP contribution in [0.1, 0.15) is 11.1 Å². The van der Waals surface area contributed by atoms with Gasteiger partial charge in [0.1, 0.15) is 5.75 Å². The van der Waals surface area contributed by atoms with Gasteiger partial charge in [0.15, 0.2) is 0 Å². The monoisotopic (exact) mass is 298 g/mol. The van der Waals surface area contributed by atoms with Crippen molar-refractivity contribution in [1.82, 2.24) is 4.90 Å². The van der Waals surface area contributed by atoms with Crippen LogP contribution in [-0.4, -0.2) is 31.5 Å². The van der Waals surface area contributed by atoms with Crippen LogP contribution < -0.4 is 10.1 Å². The summed E-state index contributed by atoms with van der Waals surface area (Å²) in [4.78, 5) is 14.0. The lowest BCUT2D eigenvalue weighted by molar-refractivity contribution is -0.117. The molecule has 116 valence electrons. The number of benzene rings is 2. The largest absolute Gasteiger partial charge is 0.496 e. The number of hydrogen-bond donors (Lipinski definition) is 1. The van der Waals surface area contributed by atoms with Crippen LogP contribution in [0.15, 0.2) is 48.5 Å². The summed E-state index contributed by atoms with van der Waals surface area (Å²) in [5.41, 5.74) is 3.06. The number of carbonyl (C=O) groups is 1. The minimum Gasteiger partial charge on any atom is -0.496 e. The first-order valence-corrected chi connectivity index (χ1v) is 7.25. The lowest BCUT2D eigenvalue weighted by Gasteiger charge is -2.18. The minimum absolute atomic E-state index is 0.0266. The van der Waals surface area contributed by atoms with Gasteiger partial charge >= 0.3 is 0 Å². The van der Waals surface area contributed by atoms with Crippen molar-refractivity contribution in [3.05, 3.63) is 59.7 Å². The van der Waals surface area contributed by atoms with Crippen molar-refractivity contribution in [2.45, 2.75) is 13.5 Å². The molecule has 0 saturated heterocycles. The molecule has 0 fully saturated rings. The van der Waals surface area contributed by atoms with Crippen LogP contribution in [0.5, 0.6) is 5.75 Å². The molecule has 0 heterocycles. The number of methoxy groups -OCH3 is 1. The molecule has 0 bridgehead atoms. The molecule has 4 nitrogen and oxygen atoms in total. The van der Waals surface area contributed by atoms with Crippen molar-refractivity contribution >= 4 is 11.6 Å². The zero-order valence-electron chi connectivity index (χ0n) is 13.3. The van der Waals surface area contributed by atoms with E-state index in [1.807, 2.05) is 67.4 Å². The highest BCUT2D eigenvalue weighted by Gasteiger charge is 2.10. The number of hydrogen-bond acceptors (Lipinski definition) is 3. The predicted molar refractivity (Wildman–Crippen MR) is 89.1 cm³/mol. The third-order valence-corrected chi connectivity index (χ3v) is 3.38. The van der Waals surface area contributed by atoms with Crippen LogP contribution in [0.2, 0.25) is 0 Å². The molecule has 0 aliphatic rings. The van der Waals surface area contributed by atoms with Gasteiger partial charge in [-0.3, -0.25) is 9.69 Å². The van der Waals surface area contributed by atoms with Crippen molar-refractivity contribution in [3.8, 4) is 5.75 Å². The zero-order valence-corrected chi connectivity index (χ0v) is 13.3. The molecule has 0 unspecified atom stereocenters. The van der Waals surface area contributed by atoms with Crippen LogP contribution in [0.25, 0.3) is 0 Å². The maximum Gasteiger partial charge on any atom is 0.238 e. The van der Waals surface area contributed by atoms with E-state index in [4.69, 9.17) is 4.74 Å². The number of nitrogens with zero attached hydrogens (tertiary/aromatic N) is 1. The molecule has 0 saturated carbocycles. The Hall–Kier alpha value is -2.33. The van der Waals surface area contributed by atoms with Gasteiger partial charge in [-0.1, -0.05) is 35.9 Å². The molecule has 2 aromatic rings. The Bertz CT molecular complexity index is 623. The molecule has 1 N–H and O–H groups in total. The van der Waals surface area contributed by atoms with E-state index in [1.165, 1.54) is 5.56 Å². The minimum atomic E-state index is -0.0266. The molecule has 4 heteroatoms. The van der Waals surface area contributed by atoms with Gasteiger partial charge in [-0.05, 0) is 32.2 Å². The maximum absolute atomic E-state index is 12.1. The van der Waals surface area contributed by atoms with Crippen molar-refractivity contribution in [2.24, 2.45) is 0 Å². The van der Waals surface area contributed by atoms with Gasteiger partial charge in [-0.2, -0.15) is 0 Å². The third kappa shape index (κ3) is 4.60. The second-order valence-corrected chi connectivity index (χ2v) is 5.40. The van der Waals surface area contributed by atoms with E-state index in [1.54, 1.807) is 7.11 Å². The highest BCUT2D eigenvalue weighted by molar-refractivity contribution is 5.92. The summed E-state index contributed by atoms with van der Waals surface area (Å²) in [6.07, 6.45) is 0. The van der Waals surface area contributed by atoms with Gasteiger partial charge in [-0.25, -0.2) is 0 Å². The molecular formula is C18H22N2O2. The van der Waals surface area contributed by atoms with E-state index in [0.717, 1.165) is 17.0 Å². The number of anilines is 1. The fraction of sp³-hybridized carbons (Fsp3) is 0.278. The summed E-state index contributed by atoms with van der Waals surface area (Å²) in [5, 5.41) is 2.90. The van der Waals surface area contributed by atoms with Crippen molar-refractivity contribution in [3.63, 3.8) is 0 Å². The smallest absolute Gasteiger partial charge is 0.238 e. The zero-order chi connectivity index (χ0) is 15.9. The fourth-order valence-corrected chi connectivity index (χ4v) is 2.26. The second-order valence-electron chi connectivity index (χ2n) is 5.40. The molecule has 1 amide bonds. The first-order chi connectivity index (χ1) is 10.6. The number of carbonyl (C=O) groups excluding carboxylic acids is 1. The van der Waals surface area contributed by atoms with Crippen LogP contribution in [0.4, 0.5) is 5.69 Å². The van der Waals surface area contributed by atoms with E-state index in [2.05, 4.69) is 5.32 Å². The van der Waals surface area contributed by atoms with Gasteiger partial charge in [-0.15, -0.1) is 0 Å². The van der Waals surface area contributed by atoms with E-state index < -0.39 is 0 Å². The van der Waals surface area contributed by atoms with Crippen molar-refractivity contribution < 1.29 is 9.53 Å². The summed E-state index contributed by atoms with van der Waals surface area (Å²) in [6, 6.07) is 15.6. The first kappa shape index (κ1) is 16.0. The Balaban J connectivity index is 1.89. The highest BCUT2D eigenvalue weighted by atomic mass is 16.5. The summed E-state index contributed by atoms with van der Waals surface area (Å²) in [5.74, 6) is 0.814. The summed E-state index contributed by atoms with van der Waals surface area (Å²) < 4.78 is 5.33. The second kappa shape index (κ2) is 7.61. The molecule has 22 heavy (non-hydrogen) atoms. The van der Waals surface area contributed by atoms with E-state index in [0.29, 0.717) is 13.1 Å². The number of ether oxygens (including phenoxy) is 1. The topological polar surface area (TPSA) is 41.6 Å². The third-order valence-electron chi connectivity index (χ3n) is 3.38. The Morgan fingerprint density at radius 2 is 1.82 bits per heavy atom. The SMILES string of the molecule is COc1ccccc1CN(C)CC(=O)Nc1ccc(C)cc1. The molecular weight excluding hydrogens is 276 g/mol. The molecule has 0 aromatic heterocycles. The van der Waals surface area contributed by atoms with Gasteiger partial charge < -0.3 is 10.1 Å². The number of nitrogens with one attached hydrogen (secondary N) is 1. The van der Waals surface area contributed by atoms with Gasteiger partial charge in [0.2, 0.25) is 5.91 Å². The summed E-state index contributed by atoms with van der Waals surface area (Å²) in [6.45, 7) is 3.00. The van der Waals surface area contributed by atoms with Crippen molar-refractivity contribution in [2.75, 3.05) is 26.0 Å². The van der Waals surface area contributed by atoms with Gasteiger partial charge in [0.05, 0.1) is 13.7 Å². The normalized spacial score (nSPS) is 10.5. The highest BCUT2D eigenvalue weighted by Crippen LogP contribution is 2.18. The van der Waals surface area contributed by atoms with Crippen LogP contribution >= 0.6 is 0 Å². The van der Waals surface area contributed by atoms with Crippen LogP contribution in [0.3, 0.4) is 0 Å². The van der Waals surface area contributed by atoms with Crippen LogP contribution in [0, 0.1) is 6.92 Å². The average Bonchev–Trinajstić information content (AvgIpc) is 2.50. The Kier molecular flexibility index (Phi) is 5.55. The van der Waals surface area contributed by atoms with E-state index in [-0.39, 0.29) is 5.91 Å². The van der Waals surface area contributed by atoms with Gasteiger partial charge in [0, 0.05) is 17.8 Å². The lowest BCUT2D eigenvalue weighted by Crippen LogP contribution is -2.29. The quantitative estimate of drug-likeness (QED) is 0.891. The molecule has 0 spiro atoms. The first-order valence-electron chi connectivity index (χ1n) is 7.25. The lowest BCUT2D eigenvalue weighted by atomic mass is 10.2. The molecule has 0 aliphatic heterocycles. The fourth-order valence-electron chi connectivity index (χ4n) is 2.26. The van der Waals surface area contributed by atoms with Gasteiger partial charge in [0.25, 0.3) is 0 Å². The average molecular weight is 298 g/mol. The Labute approximate surface area is 131 Å². The molecule has 2 aromatic carbocycles. The standard InChI is InChI=1S/C18H22N2O2/c1-14-8-10-16(11-9-14)19-18(21)13-20(2)12-15-6-4-5-7-17(15)22-3/h4-11H,12-13H2,1-3H3,(H,19,21). The van der Waals surface area contributed by atoms with E-state index >= 15 is 0 Å². The molecule has 0 radical (unpaired) electrons. The number of amides is 1. The Morgan fingerprint density at radius 3 is 2.50 bits per heavy atom. The van der Waals surface area contributed by atoms with E-state index in [9.17, 15) is 4.79 Å². The number of likely N-dealkylation sites (N-methyl/N-ethyl adjacent to an activating group) is 1.